The molecule has 1 amide bonds. The number of carbonyl (C=O) groups is 1. The smallest absolute Gasteiger partial charge is 0.241 e. The van der Waals surface area contributed by atoms with E-state index in [-0.39, 0.29) is 11.9 Å². The zero-order valence-electron chi connectivity index (χ0n) is 11.8. The summed E-state index contributed by atoms with van der Waals surface area (Å²) >= 11 is 0. The van der Waals surface area contributed by atoms with E-state index in [1.54, 1.807) is 0 Å². The molecule has 0 spiro atoms. The highest BCUT2D eigenvalue weighted by Crippen LogP contribution is 2.33. The quantitative estimate of drug-likeness (QED) is 0.786. The molecule has 3 N–H and O–H groups in total. The summed E-state index contributed by atoms with van der Waals surface area (Å²) in [4.78, 5) is 12.4. The third kappa shape index (κ3) is 2.40. The van der Waals surface area contributed by atoms with Crippen molar-refractivity contribution in [3.8, 4) is 0 Å². The number of hydrogen-bond acceptors (Lipinski definition) is 4. The molecule has 6 heteroatoms. The SMILES string of the molecule is O=C(Nc1ccc2n[nH]nc2c1)C1CC2CCCCC2N1. The fourth-order valence-electron chi connectivity index (χ4n) is 3.67. The van der Waals surface area contributed by atoms with Crippen LogP contribution in [-0.4, -0.2) is 33.4 Å². The van der Waals surface area contributed by atoms with Crippen molar-refractivity contribution >= 4 is 22.6 Å². The Balaban J connectivity index is 1.45. The van der Waals surface area contributed by atoms with Crippen LogP contribution in [0.2, 0.25) is 0 Å². The van der Waals surface area contributed by atoms with Crippen molar-refractivity contribution in [3.05, 3.63) is 18.2 Å². The Morgan fingerprint density at radius 3 is 2.95 bits per heavy atom. The van der Waals surface area contributed by atoms with Gasteiger partial charge >= 0.3 is 0 Å². The number of nitrogens with zero attached hydrogens (tertiary/aromatic N) is 2. The first-order chi connectivity index (χ1) is 10.3. The molecule has 3 unspecified atom stereocenters. The van der Waals surface area contributed by atoms with Crippen LogP contribution in [0.15, 0.2) is 18.2 Å². The molecule has 3 atom stereocenters. The van der Waals surface area contributed by atoms with Gasteiger partial charge in [0, 0.05) is 11.7 Å². The van der Waals surface area contributed by atoms with Crippen molar-refractivity contribution in [2.75, 3.05) is 5.32 Å². The van der Waals surface area contributed by atoms with Crippen LogP contribution in [0.4, 0.5) is 5.69 Å². The number of hydrogen-bond donors (Lipinski definition) is 3. The van der Waals surface area contributed by atoms with Gasteiger partial charge in [-0.15, -0.1) is 0 Å². The number of anilines is 1. The van der Waals surface area contributed by atoms with E-state index in [1.165, 1.54) is 25.7 Å². The van der Waals surface area contributed by atoms with E-state index in [0.29, 0.717) is 12.0 Å². The van der Waals surface area contributed by atoms with Gasteiger partial charge in [-0.25, -0.2) is 0 Å². The van der Waals surface area contributed by atoms with Crippen LogP contribution in [0.1, 0.15) is 32.1 Å². The molecule has 110 valence electrons. The predicted molar refractivity (Wildman–Crippen MR) is 79.8 cm³/mol. The molecule has 2 fully saturated rings. The molecule has 1 aliphatic heterocycles. The maximum absolute atomic E-state index is 12.4. The van der Waals surface area contributed by atoms with Gasteiger partial charge in [0.15, 0.2) is 0 Å². The molecular weight excluding hydrogens is 266 g/mol. The average molecular weight is 285 g/mol. The first-order valence-corrected chi connectivity index (χ1v) is 7.67. The Kier molecular flexibility index (Phi) is 3.11. The van der Waals surface area contributed by atoms with E-state index in [4.69, 9.17) is 0 Å². The van der Waals surface area contributed by atoms with E-state index >= 15 is 0 Å². The minimum atomic E-state index is -0.0638. The normalized spacial score (nSPS) is 28.5. The van der Waals surface area contributed by atoms with Crippen molar-refractivity contribution in [2.24, 2.45) is 5.92 Å². The van der Waals surface area contributed by atoms with Gasteiger partial charge in [0.25, 0.3) is 0 Å². The molecule has 4 rings (SSSR count). The number of fused-ring (bicyclic) bond motifs is 2. The van der Waals surface area contributed by atoms with Gasteiger partial charge in [-0.05, 0) is 43.4 Å². The molecule has 2 aromatic rings. The highest BCUT2D eigenvalue weighted by Gasteiger charge is 2.38. The number of aromatic nitrogens is 3. The fraction of sp³-hybridized carbons (Fsp3) is 0.533. The van der Waals surface area contributed by atoms with Gasteiger partial charge in [0.1, 0.15) is 11.0 Å². The first kappa shape index (κ1) is 12.8. The summed E-state index contributed by atoms with van der Waals surface area (Å²) in [5.41, 5.74) is 2.34. The molecule has 1 aromatic heterocycles. The van der Waals surface area contributed by atoms with Crippen molar-refractivity contribution in [2.45, 2.75) is 44.2 Å². The number of carbonyl (C=O) groups excluding carboxylic acids is 1. The molecule has 0 radical (unpaired) electrons. The molecular formula is C15H19N5O. The number of benzene rings is 1. The maximum atomic E-state index is 12.4. The number of aromatic amines is 1. The van der Waals surface area contributed by atoms with E-state index in [9.17, 15) is 4.79 Å². The van der Waals surface area contributed by atoms with Gasteiger partial charge in [-0.3, -0.25) is 4.79 Å². The van der Waals surface area contributed by atoms with Crippen LogP contribution < -0.4 is 10.6 Å². The van der Waals surface area contributed by atoms with Crippen LogP contribution in [0.5, 0.6) is 0 Å². The van der Waals surface area contributed by atoms with Crippen LogP contribution in [0.3, 0.4) is 0 Å². The molecule has 21 heavy (non-hydrogen) atoms. The molecule has 2 heterocycles. The maximum Gasteiger partial charge on any atom is 0.241 e. The lowest BCUT2D eigenvalue weighted by Crippen LogP contribution is -2.39. The molecule has 6 nitrogen and oxygen atoms in total. The Bertz CT molecular complexity index is 653. The Hall–Kier alpha value is -1.95. The summed E-state index contributed by atoms with van der Waals surface area (Å²) in [5, 5.41) is 17.1. The van der Waals surface area contributed by atoms with Crippen molar-refractivity contribution < 1.29 is 4.79 Å². The summed E-state index contributed by atoms with van der Waals surface area (Å²) < 4.78 is 0. The molecule has 1 saturated heterocycles. The third-order valence-corrected chi connectivity index (χ3v) is 4.76. The monoisotopic (exact) mass is 285 g/mol. The topological polar surface area (TPSA) is 82.7 Å². The summed E-state index contributed by atoms with van der Waals surface area (Å²) in [6.07, 6.45) is 6.01. The Morgan fingerprint density at radius 1 is 1.19 bits per heavy atom. The Morgan fingerprint density at radius 2 is 2.05 bits per heavy atom. The first-order valence-electron chi connectivity index (χ1n) is 7.67. The predicted octanol–water partition coefficient (Wildman–Crippen LogP) is 1.82. The minimum absolute atomic E-state index is 0.0623. The number of nitrogens with one attached hydrogen (secondary N) is 3. The van der Waals surface area contributed by atoms with E-state index < -0.39 is 0 Å². The van der Waals surface area contributed by atoms with E-state index in [1.807, 2.05) is 18.2 Å². The van der Waals surface area contributed by atoms with Crippen LogP contribution in [-0.2, 0) is 4.79 Å². The Labute approximate surface area is 122 Å². The lowest BCUT2D eigenvalue weighted by Gasteiger charge is -2.24. The second kappa shape index (κ2) is 5.11. The van der Waals surface area contributed by atoms with Gasteiger partial charge < -0.3 is 10.6 Å². The second-order valence-corrected chi connectivity index (χ2v) is 6.12. The largest absolute Gasteiger partial charge is 0.325 e. The highest BCUT2D eigenvalue weighted by molar-refractivity contribution is 5.96. The van der Waals surface area contributed by atoms with E-state index in [2.05, 4.69) is 26.0 Å². The zero-order chi connectivity index (χ0) is 14.2. The minimum Gasteiger partial charge on any atom is -0.325 e. The lowest BCUT2D eigenvalue weighted by molar-refractivity contribution is -0.117. The van der Waals surface area contributed by atoms with Gasteiger partial charge in [0.2, 0.25) is 5.91 Å². The van der Waals surface area contributed by atoms with Crippen molar-refractivity contribution in [1.82, 2.24) is 20.7 Å². The number of rotatable bonds is 2. The average Bonchev–Trinajstić information content (AvgIpc) is 3.13. The van der Waals surface area contributed by atoms with Crippen molar-refractivity contribution in [1.29, 1.82) is 0 Å². The molecule has 1 saturated carbocycles. The zero-order valence-corrected chi connectivity index (χ0v) is 11.8. The van der Waals surface area contributed by atoms with Crippen LogP contribution in [0.25, 0.3) is 11.0 Å². The standard InChI is InChI=1S/C15H19N5O/c21-15(14-7-9-3-1-2-4-11(9)17-14)16-10-5-6-12-13(8-10)19-20-18-12/h5-6,8-9,11,14,17H,1-4,7H2,(H,16,21)(H,18,19,20). The second-order valence-electron chi connectivity index (χ2n) is 6.12. The van der Waals surface area contributed by atoms with Crippen molar-refractivity contribution in [3.63, 3.8) is 0 Å². The summed E-state index contributed by atoms with van der Waals surface area (Å²) in [7, 11) is 0. The molecule has 2 aliphatic rings. The summed E-state index contributed by atoms with van der Waals surface area (Å²) in [5.74, 6) is 0.736. The molecule has 1 aromatic carbocycles. The highest BCUT2D eigenvalue weighted by atomic mass is 16.2. The summed E-state index contributed by atoms with van der Waals surface area (Å²) in [6, 6.07) is 6.04. The molecule has 0 bridgehead atoms. The lowest BCUT2D eigenvalue weighted by atomic mass is 9.85. The third-order valence-electron chi connectivity index (χ3n) is 4.76. The fourth-order valence-corrected chi connectivity index (χ4v) is 3.67. The van der Waals surface area contributed by atoms with Gasteiger partial charge in [-0.1, -0.05) is 12.8 Å². The van der Waals surface area contributed by atoms with Crippen LogP contribution >= 0.6 is 0 Å². The van der Waals surface area contributed by atoms with Gasteiger partial charge in [-0.2, -0.15) is 15.4 Å². The summed E-state index contributed by atoms with van der Waals surface area (Å²) in [6.45, 7) is 0. The van der Waals surface area contributed by atoms with E-state index in [0.717, 1.165) is 23.1 Å². The van der Waals surface area contributed by atoms with Gasteiger partial charge in [0.05, 0.1) is 6.04 Å². The number of H-pyrrole nitrogens is 1. The van der Waals surface area contributed by atoms with Crippen LogP contribution in [0, 0.1) is 5.92 Å². The number of amides is 1. The molecule has 1 aliphatic carbocycles.